The minimum absolute atomic E-state index is 0.252. The molecule has 1 aromatic rings. The first-order valence-corrected chi connectivity index (χ1v) is 5.90. The Hall–Kier alpha value is -2.37. The summed E-state index contributed by atoms with van der Waals surface area (Å²) in [6.07, 6.45) is 0.285. The highest BCUT2D eigenvalue weighted by atomic mass is 16.4. The van der Waals surface area contributed by atoms with Crippen LogP contribution in [0.1, 0.15) is 23.7 Å². The fourth-order valence-corrected chi connectivity index (χ4v) is 1.44. The van der Waals surface area contributed by atoms with Crippen molar-refractivity contribution in [3.63, 3.8) is 0 Å². The van der Waals surface area contributed by atoms with E-state index >= 15 is 0 Å². The second-order valence-corrected chi connectivity index (χ2v) is 3.92. The molecule has 1 aromatic carbocycles. The Labute approximate surface area is 110 Å². The van der Waals surface area contributed by atoms with E-state index in [1.165, 1.54) is 0 Å². The molecule has 0 heterocycles. The third kappa shape index (κ3) is 4.79. The molecule has 0 saturated carbocycles. The lowest BCUT2D eigenvalue weighted by Crippen LogP contribution is -2.45. The van der Waals surface area contributed by atoms with Crippen molar-refractivity contribution in [2.24, 2.45) is 0 Å². The van der Waals surface area contributed by atoms with Crippen molar-refractivity contribution in [2.75, 3.05) is 6.54 Å². The molecule has 19 heavy (non-hydrogen) atoms. The molecule has 6 heteroatoms. The minimum Gasteiger partial charge on any atom is -0.480 e. The third-order valence-corrected chi connectivity index (χ3v) is 2.49. The first-order chi connectivity index (χ1) is 9.04. The summed E-state index contributed by atoms with van der Waals surface area (Å²) in [5, 5.41) is 13.5. The zero-order chi connectivity index (χ0) is 14.3. The zero-order valence-electron chi connectivity index (χ0n) is 10.6. The van der Waals surface area contributed by atoms with E-state index < -0.39 is 17.9 Å². The molecule has 1 rings (SSSR count). The van der Waals surface area contributed by atoms with E-state index in [0.717, 1.165) is 0 Å². The summed E-state index contributed by atoms with van der Waals surface area (Å²) in [4.78, 5) is 33.8. The molecule has 0 bridgehead atoms. The van der Waals surface area contributed by atoms with Gasteiger partial charge in [0.25, 0.3) is 5.91 Å². The lowest BCUT2D eigenvalue weighted by molar-refractivity contribution is -0.141. The Kier molecular flexibility index (Phi) is 5.53. The molecule has 0 saturated heterocycles. The lowest BCUT2D eigenvalue weighted by Gasteiger charge is -2.12. The summed E-state index contributed by atoms with van der Waals surface area (Å²) in [6, 6.07) is 7.53. The van der Waals surface area contributed by atoms with Crippen LogP contribution in [-0.4, -0.2) is 35.5 Å². The first kappa shape index (κ1) is 14.7. The number of nitrogens with one attached hydrogen (secondary N) is 2. The molecule has 102 valence electrons. The fourth-order valence-electron chi connectivity index (χ4n) is 1.44. The van der Waals surface area contributed by atoms with Crippen molar-refractivity contribution in [3.8, 4) is 0 Å². The molecule has 0 aliphatic carbocycles. The highest BCUT2D eigenvalue weighted by Gasteiger charge is 2.17. The van der Waals surface area contributed by atoms with Gasteiger partial charge < -0.3 is 15.7 Å². The van der Waals surface area contributed by atoms with Crippen LogP contribution in [0.3, 0.4) is 0 Å². The molecule has 6 nitrogen and oxygen atoms in total. The molecule has 1 atom stereocenters. The van der Waals surface area contributed by atoms with Gasteiger partial charge in [0.05, 0.1) is 6.54 Å². The molecular weight excluding hydrogens is 248 g/mol. The zero-order valence-corrected chi connectivity index (χ0v) is 10.6. The van der Waals surface area contributed by atoms with E-state index in [-0.39, 0.29) is 18.9 Å². The van der Waals surface area contributed by atoms with E-state index in [2.05, 4.69) is 10.6 Å². The Morgan fingerprint density at radius 1 is 1.21 bits per heavy atom. The van der Waals surface area contributed by atoms with Crippen LogP contribution in [0, 0.1) is 0 Å². The molecule has 0 fully saturated rings. The Morgan fingerprint density at radius 2 is 1.84 bits per heavy atom. The van der Waals surface area contributed by atoms with Crippen molar-refractivity contribution in [1.29, 1.82) is 0 Å². The molecule has 0 aliphatic rings. The normalized spacial score (nSPS) is 11.4. The molecule has 0 unspecified atom stereocenters. The van der Waals surface area contributed by atoms with E-state index in [0.29, 0.717) is 5.56 Å². The summed E-state index contributed by atoms with van der Waals surface area (Å²) in [5.74, 6) is -2.00. The molecule has 3 N–H and O–H groups in total. The Bertz CT molecular complexity index is 459. The Morgan fingerprint density at radius 3 is 2.37 bits per heavy atom. The number of carbonyl (C=O) groups is 3. The number of aliphatic carboxylic acids is 1. The van der Waals surface area contributed by atoms with Gasteiger partial charge in [-0.05, 0) is 18.6 Å². The largest absolute Gasteiger partial charge is 0.480 e. The highest BCUT2D eigenvalue weighted by molar-refractivity contribution is 5.96. The second-order valence-electron chi connectivity index (χ2n) is 3.92. The van der Waals surface area contributed by atoms with Gasteiger partial charge in [0.1, 0.15) is 6.04 Å². The van der Waals surface area contributed by atoms with Gasteiger partial charge in [-0.25, -0.2) is 4.79 Å². The van der Waals surface area contributed by atoms with Gasteiger partial charge in [0, 0.05) is 5.56 Å². The fraction of sp³-hybridized carbons (Fsp3) is 0.308. The number of hydrogen-bond acceptors (Lipinski definition) is 3. The first-order valence-electron chi connectivity index (χ1n) is 5.90. The van der Waals surface area contributed by atoms with Gasteiger partial charge >= 0.3 is 5.97 Å². The maximum absolute atomic E-state index is 11.6. The van der Waals surface area contributed by atoms with Gasteiger partial charge in [-0.3, -0.25) is 9.59 Å². The average molecular weight is 264 g/mol. The quantitative estimate of drug-likeness (QED) is 0.693. The topological polar surface area (TPSA) is 95.5 Å². The van der Waals surface area contributed by atoms with Crippen LogP contribution in [-0.2, 0) is 9.59 Å². The van der Waals surface area contributed by atoms with Crippen LogP contribution in [0.5, 0.6) is 0 Å². The summed E-state index contributed by atoms with van der Waals surface area (Å²) in [6.45, 7) is 1.40. The minimum atomic E-state index is -1.09. The molecule has 0 spiro atoms. The van der Waals surface area contributed by atoms with Crippen LogP contribution in [0.25, 0.3) is 0 Å². The van der Waals surface area contributed by atoms with Crippen LogP contribution < -0.4 is 10.6 Å². The van der Waals surface area contributed by atoms with E-state index in [4.69, 9.17) is 5.11 Å². The summed E-state index contributed by atoms with van der Waals surface area (Å²) in [7, 11) is 0. The Balaban J connectivity index is 2.42. The van der Waals surface area contributed by atoms with Gasteiger partial charge in [-0.15, -0.1) is 0 Å². The number of benzene rings is 1. The van der Waals surface area contributed by atoms with E-state index in [1.807, 2.05) is 0 Å². The number of hydrogen-bond donors (Lipinski definition) is 3. The van der Waals surface area contributed by atoms with Crippen molar-refractivity contribution in [3.05, 3.63) is 35.9 Å². The maximum atomic E-state index is 11.6. The maximum Gasteiger partial charge on any atom is 0.326 e. The van der Waals surface area contributed by atoms with Crippen LogP contribution in [0.15, 0.2) is 30.3 Å². The van der Waals surface area contributed by atoms with Crippen LogP contribution in [0.4, 0.5) is 0 Å². The SMILES string of the molecule is CC[C@H](NC(=O)CNC(=O)c1ccccc1)C(=O)O. The molecular formula is C13H16N2O4. The number of amides is 2. The van der Waals surface area contributed by atoms with Gasteiger partial charge in [-0.1, -0.05) is 25.1 Å². The predicted molar refractivity (Wildman–Crippen MR) is 68.6 cm³/mol. The monoisotopic (exact) mass is 264 g/mol. The third-order valence-electron chi connectivity index (χ3n) is 2.49. The number of carboxylic acids is 1. The van der Waals surface area contributed by atoms with E-state index in [9.17, 15) is 14.4 Å². The number of carboxylic acid groups (broad SMARTS) is 1. The summed E-state index contributed by atoms with van der Waals surface area (Å²) >= 11 is 0. The molecule has 2 amide bonds. The number of carbonyl (C=O) groups excluding carboxylic acids is 2. The van der Waals surface area contributed by atoms with Crippen LogP contribution >= 0.6 is 0 Å². The second kappa shape index (κ2) is 7.15. The van der Waals surface area contributed by atoms with Crippen molar-refractivity contribution in [1.82, 2.24) is 10.6 Å². The van der Waals surface area contributed by atoms with E-state index in [1.54, 1.807) is 37.3 Å². The van der Waals surface area contributed by atoms with Crippen molar-refractivity contribution >= 4 is 17.8 Å². The average Bonchev–Trinajstić information content (AvgIpc) is 2.42. The van der Waals surface area contributed by atoms with Crippen molar-refractivity contribution in [2.45, 2.75) is 19.4 Å². The number of rotatable bonds is 6. The van der Waals surface area contributed by atoms with Gasteiger partial charge in [-0.2, -0.15) is 0 Å². The summed E-state index contributed by atoms with van der Waals surface area (Å²) in [5.41, 5.74) is 0.445. The molecule has 0 aromatic heterocycles. The standard InChI is InChI=1S/C13H16N2O4/c1-2-10(13(18)19)15-11(16)8-14-12(17)9-6-4-3-5-7-9/h3-7,10H,2,8H2,1H3,(H,14,17)(H,15,16)(H,18,19)/t10-/m0/s1. The summed E-state index contributed by atoms with van der Waals surface area (Å²) < 4.78 is 0. The van der Waals surface area contributed by atoms with Crippen molar-refractivity contribution < 1.29 is 19.5 Å². The predicted octanol–water partition coefficient (Wildman–Crippen LogP) is 0.396. The highest BCUT2D eigenvalue weighted by Crippen LogP contribution is 1.97. The van der Waals surface area contributed by atoms with Crippen LogP contribution in [0.2, 0.25) is 0 Å². The smallest absolute Gasteiger partial charge is 0.326 e. The van der Waals surface area contributed by atoms with Gasteiger partial charge in [0.2, 0.25) is 5.91 Å². The lowest BCUT2D eigenvalue weighted by atomic mass is 10.2. The van der Waals surface area contributed by atoms with Gasteiger partial charge in [0.15, 0.2) is 0 Å². The molecule has 0 aliphatic heterocycles. The molecule has 0 radical (unpaired) electrons.